The molecular weight excluding hydrogens is 527 g/mol. The molecule has 0 saturated heterocycles. The third-order valence-corrected chi connectivity index (χ3v) is 6.02. The van der Waals surface area contributed by atoms with E-state index in [1.54, 1.807) is 24.4 Å². The van der Waals surface area contributed by atoms with Gasteiger partial charge >= 0.3 is 6.18 Å². The molecule has 0 saturated carbocycles. The number of hydrogen-bond acceptors (Lipinski definition) is 5. The second-order valence-electron chi connectivity index (χ2n) is 9.88. The number of benzene rings is 1. The Kier molecular flexibility index (Phi) is 10.1. The molecule has 2 aromatic rings. The highest BCUT2D eigenvalue weighted by atomic mass is 19.4. The lowest BCUT2D eigenvalue weighted by Crippen LogP contribution is -2.29. The van der Waals surface area contributed by atoms with Crippen LogP contribution < -0.4 is 10.6 Å². The molecule has 0 aliphatic carbocycles. The van der Waals surface area contributed by atoms with Gasteiger partial charge in [-0.05, 0) is 54.7 Å². The Labute approximate surface area is 231 Å². The molecule has 1 aliphatic rings. The molecule has 0 atom stereocenters. The van der Waals surface area contributed by atoms with Crippen molar-refractivity contribution in [3.63, 3.8) is 0 Å². The Hall–Kier alpha value is -3.75. The summed E-state index contributed by atoms with van der Waals surface area (Å²) in [7, 11) is 0. The number of ether oxygens (including phenoxy) is 1. The minimum absolute atomic E-state index is 0.00876. The molecule has 1 aromatic heterocycles. The second kappa shape index (κ2) is 13.1. The molecule has 1 aromatic carbocycles. The fourth-order valence-corrected chi connectivity index (χ4v) is 3.75. The lowest BCUT2D eigenvalue weighted by Gasteiger charge is -2.21. The molecule has 0 radical (unpaired) electrons. The molecule has 2 heterocycles. The van der Waals surface area contributed by atoms with Crippen molar-refractivity contribution in [3.05, 3.63) is 101 Å². The molecular formula is C30H33F5N4O. The fourth-order valence-electron chi connectivity index (χ4n) is 3.75. The molecule has 214 valence electrons. The van der Waals surface area contributed by atoms with Crippen LogP contribution in [0.4, 0.5) is 22.0 Å². The highest BCUT2D eigenvalue weighted by Crippen LogP contribution is 2.34. The van der Waals surface area contributed by atoms with Gasteiger partial charge < -0.3 is 15.4 Å². The smallest absolute Gasteiger partial charge is 0.385 e. The summed E-state index contributed by atoms with van der Waals surface area (Å²) >= 11 is 0. The Balaban J connectivity index is 1.85. The third kappa shape index (κ3) is 8.89. The highest BCUT2D eigenvalue weighted by Gasteiger charge is 2.35. The number of pyridine rings is 1. The van der Waals surface area contributed by atoms with E-state index in [-0.39, 0.29) is 23.9 Å². The van der Waals surface area contributed by atoms with Crippen LogP contribution in [-0.4, -0.2) is 30.0 Å². The first-order valence-corrected chi connectivity index (χ1v) is 12.8. The lowest BCUT2D eigenvalue weighted by molar-refractivity contribution is -0.137. The van der Waals surface area contributed by atoms with E-state index in [4.69, 9.17) is 4.74 Å². The van der Waals surface area contributed by atoms with Gasteiger partial charge in [0, 0.05) is 48.8 Å². The van der Waals surface area contributed by atoms with Crippen LogP contribution in [-0.2, 0) is 23.9 Å². The van der Waals surface area contributed by atoms with Crippen molar-refractivity contribution < 1.29 is 26.7 Å². The van der Waals surface area contributed by atoms with Gasteiger partial charge in [0.2, 0.25) is 0 Å². The molecule has 0 bridgehead atoms. The van der Waals surface area contributed by atoms with Crippen LogP contribution in [0.5, 0.6) is 0 Å². The van der Waals surface area contributed by atoms with Gasteiger partial charge in [-0.3, -0.25) is 4.98 Å². The molecule has 3 rings (SSSR count). The zero-order chi connectivity index (χ0) is 29.5. The van der Waals surface area contributed by atoms with E-state index in [0.717, 1.165) is 24.4 Å². The zero-order valence-electron chi connectivity index (χ0n) is 22.8. The van der Waals surface area contributed by atoms with E-state index in [9.17, 15) is 22.0 Å². The largest absolute Gasteiger partial charge is 0.417 e. The number of halogens is 5. The molecule has 0 spiro atoms. The van der Waals surface area contributed by atoms with Gasteiger partial charge in [0.25, 0.3) is 5.92 Å². The van der Waals surface area contributed by atoms with Crippen molar-refractivity contribution in [2.24, 2.45) is 10.9 Å². The monoisotopic (exact) mass is 560 g/mol. The number of alkyl halides is 5. The van der Waals surface area contributed by atoms with E-state index in [1.807, 2.05) is 13.8 Å². The van der Waals surface area contributed by atoms with Crippen LogP contribution in [0.25, 0.3) is 5.70 Å². The number of aromatic nitrogens is 1. The normalized spacial score (nSPS) is 13.9. The number of hydrogen-bond donors (Lipinski definition) is 2. The predicted molar refractivity (Wildman–Crippen MR) is 147 cm³/mol. The first-order valence-electron chi connectivity index (χ1n) is 12.8. The topological polar surface area (TPSA) is 58.5 Å². The Bertz CT molecular complexity index is 1320. The van der Waals surface area contributed by atoms with Gasteiger partial charge in [0.1, 0.15) is 12.4 Å². The molecule has 1 aliphatic heterocycles. The summed E-state index contributed by atoms with van der Waals surface area (Å²) in [5, 5.41) is 6.04. The average Bonchev–Trinajstić information content (AvgIpc) is 2.90. The maximum Gasteiger partial charge on any atom is 0.417 e. The summed E-state index contributed by atoms with van der Waals surface area (Å²) in [6, 6.07) is 7.44. The van der Waals surface area contributed by atoms with Crippen LogP contribution in [0.15, 0.2) is 77.9 Å². The summed E-state index contributed by atoms with van der Waals surface area (Å²) < 4.78 is 72.6. The zero-order valence-corrected chi connectivity index (χ0v) is 22.8. The number of rotatable bonds is 12. The Morgan fingerprint density at radius 2 is 1.90 bits per heavy atom. The summed E-state index contributed by atoms with van der Waals surface area (Å²) in [6.07, 6.45) is -0.389. The van der Waals surface area contributed by atoms with Crippen molar-refractivity contribution in [3.8, 4) is 0 Å². The summed E-state index contributed by atoms with van der Waals surface area (Å²) in [4.78, 5) is 8.91. The van der Waals surface area contributed by atoms with Crippen molar-refractivity contribution in [2.75, 3.05) is 13.2 Å². The van der Waals surface area contributed by atoms with E-state index in [1.165, 1.54) is 12.1 Å². The van der Waals surface area contributed by atoms with Crippen LogP contribution in [0.2, 0.25) is 0 Å². The molecule has 0 fully saturated rings. The van der Waals surface area contributed by atoms with Gasteiger partial charge in [-0.25, -0.2) is 13.8 Å². The molecule has 0 unspecified atom stereocenters. The number of aliphatic imine (C=N–C) groups is 1. The summed E-state index contributed by atoms with van der Waals surface area (Å²) in [5.74, 6) is -2.69. The first kappa shape index (κ1) is 30.8. The minimum atomic E-state index is -4.60. The van der Waals surface area contributed by atoms with E-state index >= 15 is 0 Å². The van der Waals surface area contributed by atoms with Crippen molar-refractivity contribution >= 4 is 11.5 Å². The number of nitrogens with one attached hydrogen (secondary N) is 2. The minimum Gasteiger partial charge on any atom is -0.385 e. The van der Waals surface area contributed by atoms with Crippen LogP contribution in [0.3, 0.4) is 0 Å². The first-order chi connectivity index (χ1) is 18.8. The highest BCUT2D eigenvalue weighted by molar-refractivity contribution is 6.05. The van der Waals surface area contributed by atoms with E-state index in [0.29, 0.717) is 41.9 Å². The Morgan fingerprint density at radius 1 is 1.15 bits per heavy atom. The second-order valence-corrected chi connectivity index (χ2v) is 9.88. The quantitative estimate of drug-likeness (QED) is 0.166. The predicted octanol–water partition coefficient (Wildman–Crippen LogP) is 7.02. The van der Waals surface area contributed by atoms with Crippen LogP contribution >= 0.6 is 0 Å². The summed E-state index contributed by atoms with van der Waals surface area (Å²) in [5.41, 5.74) is 5.22. The summed E-state index contributed by atoms with van der Waals surface area (Å²) in [6.45, 7) is 12.2. The molecule has 10 heteroatoms. The van der Waals surface area contributed by atoms with Crippen LogP contribution in [0.1, 0.15) is 55.1 Å². The van der Waals surface area contributed by atoms with Gasteiger partial charge in [-0.1, -0.05) is 33.1 Å². The molecule has 0 amide bonds. The number of amidine groups is 1. The van der Waals surface area contributed by atoms with Crippen molar-refractivity contribution in [1.29, 1.82) is 0 Å². The Morgan fingerprint density at radius 3 is 2.50 bits per heavy atom. The van der Waals surface area contributed by atoms with Gasteiger partial charge in [-0.15, -0.1) is 5.73 Å². The standard InChI is InChI=1S/C30H33F5N4O/c1-6-23-15-27(22-10-11-24(37-17-22)8-7-13-40-18-29(5,31)32)39-28(38-23)25-14-21(16-36-20(4)19(2)3)9-12-26(25)30(33,34)35/h9-12,14-15,17,19,36H,1,4,7-8,13,16,18H2,2-3,5H3,(H,38,39). The van der Waals surface area contributed by atoms with Crippen molar-refractivity contribution in [1.82, 2.24) is 15.6 Å². The maximum absolute atomic E-state index is 14.0. The van der Waals surface area contributed by atoms with Crippen LogP contribution in [0, 0.1) is 5.92 Å². The van der Waals surface area contributed by atoms with E-state index in [2.05, 4.69) is 39.5 Å². The van der Waals surface area contributed by atoms with Crippen molar-refractivity contribution in [2.45, 2.75) is 52.3 Å². The molecule has 5 nitrogen and oxygen atoms in total. The number of nitrogens with zero attached hydrogens (tertiary/aromatic N) is 2. The SMILES string of the molecule is C=C=C1C=C(c2ccc(CCCOCC(C)(F)F)nc2)N=C(c2cc(CNC(=C)C(C)C)ccc2C(F)(F)F)N1. The van der Waals surface area contributed by atoms with E-state index < -0.39 is 24.3 Å². The van der Waals surface area contributed by atoms with Gasteiger partial charge in [0.15, 0.2) is 0 Å². The third-order valence-electron chi connectivity index (χ3n) is 6.02. The number of allylic oxidation sites excluding steroid dienone is 2. The lowest BCUT2D eigenvalue weighted by atomic mass is 10.0. The average molecular weight is 561 g/mol. The molecule has 2 N–H and O–H groups in total. The van der Waals surface area contributed by atoms with Gasteiger partial charge in [0.05, 0.1) is 17.0 Å². The fraction of sp³-hybridized carbons (Fsp3) is 0.367. The molecule has 40 heavy (non-hydrogen) atoms. The number of aryl methyl sites for hydroxylation is 1. The van der Waals surface area contributed by atoms with Gasteiger partial charge in [-0.2, -0.15) is 13.2 Å². The maximum atomic E-state index is 14.0.